The molecule has 12 rings (SSSR count). The highest BCUT2D eigenvalue weighted by atomic mass is 35.5. The summed E-state index contributed by atoms with van der Waals surface area (Å²) < 4.78 is 55.3. The lowest BCUT2D eigenvalue weighted by Crippen LogP contribution is -2.34. The van der Waals surface area contributed by atoms with E-state index < -0.39 is 45.6 Å². The lowest BCUT2D eigenvalue weighted by molar-refractivity contribution is 0.00703. The lowest BCUT2D eigenvalue weighted by Gasteiger charge is -2.15. The summed E-state index contributed by atoms with van der Waals surface area (Å²) in [7, 11) is -7.83. The smallest absolute Gasteiger partial charge is 0.335 e. The minimum absolute atomic E-state index is 0.0938. The predicted molar refractivity (Wildman–Crippen MR) is 311 cm³/mol. The number of carboxylic acid groups (broad SMARTS) is 1. The van der Waals surface area contributed by atoms with E-state index in [1.807, 2.05) is 60.7 Å². The molecular formula is C56H58Cl2N8O17P2. The molecule has 25 nitrogen and oxygen atoms in total. The molecule has 448 valence electrons. The molecule has 0 aliphatic carbocycles. The Balaban J connectivity index is 0.000000170. The molecule has 4 aromatic carbocycles. The average molecular weight is 1250 g/mol. The number of amides is 1. The molecule has 0 saturated carbocycles. The fraction of sp³-hybridized carbons (Fsp3) is 0.321. The minimum atomic E-state index is -4.07. The number of carbonyl (C=O) groups is 2. The van der Waals surface area contributed by atoms with Crippen LogP contribution in [0.5, 0.6) is 12.0 Å². The van der Waals surface area contributed by atoms with Crippen molar-refractivity contribution in [3.8, 4) is 56.8 Å². The molecule has 4 aliphatic rings. The van der Waals surface area contributed by atoms with Gasteiger partial charge in [0.2, 0.25) is 0 Å². The highest BCUT2D eigenvalue weighted by molar-refractivity contribution is 7.52. The molecule has 8 aromatic rings. The highest BCUT2D eigenvalue weighted by Crippen LogP contribution is 2.38. The summed E-state index contributed by atoms with van der Waals surface area (Å²) in [5.41, 5.74) is 14.2. The van der Waals surface area contributed by atoms with Crippen LogP contribution >= 0.6 is 38.4 Å². The number of aromatic nitrogens is 6. The van der Waals surface area contributed by atoms with E-state index in [9.17, 15) is 28.9 Å². The summed E-state index contributed by atoms with van der Waals surface area (Å²) in [5.74, 6) is -1.27. The third-order valence-corrected chi connectivity index (χ3v) is 16.5. The van der Waals surface area contributed by atoms with Gasteiger partial charge in [0.05, 0.1) is 76.8 Å². The Morgan fingerprint density at radius 3 is 1.33 bits per heavy atom. The van der Waals surface area contributed by atoms with Crippen LogP contribution in [-0.2, 0) is 28.1 Å². The largest absolute Gasteiger partial charge is 0.478 e. The topological polar surface area (TPSA) is 386 Å². The molecule has 8 atom stereocenters. The number of hydrogen-bond donors (Lipinski definition) is 11. The first-order chi connectivity index (χ1) is 40.7. The average Bonchev–Trinajstić information content (AvgIpc) is 2.63. The molecule has 4 aliphatic heterocycles. The van der Waals surface area contributed by atoms with Crippen molar-refractivity contribution in [1.29, 1.82) is 0 Å². The number of hydrogen-bond acceptors (Lipinski definition) is 17. The van der Waals surface area contributed by atoms with Crippen LogP contribution in [0.4, 0.5) is 0 Å². The number of aliphatic hydroxyl groups excluding tert-OH is 2. The van der Waals surface area contributed by atoms with Gasteiger partial charge in [-0.25, -0.2) is 14.8 Å². The fourth-order valence-electron chi connectivity index (χ4n) is 9.83. The summed E-state index contributed by atoms with van der Waals surface area (Å²) in [4.78, 5) is 82.0. The molecule has 0 bridgehead atoms. The summed E-state index contributed by atoms with van der Waals surface area (Å²) in [6.45, 7) is 1.54. The number of aromatic amines is 2. The zero-order valence-corrected chi connectivity index (χ0v) is 48.1. The molecule has 0 spiro atoms. The number of fused-ring (bicyclic) bond motifs is 4. The van der Waals surface area contributed by atoms with E-state index in [-0.39, 0.29) is 93.0 Å². The van der Waals surface area contributed by atoms with Crippen LogP contribution in [0.15, 0.2) is 109 Å². The maximum atomic E-state index is 12.3. The molecule has 12 N–H and O–H groups in total. The van der Waals surface area contributed by atoms with Gasteiger partial charge in [-0.1, -0.05) is 96.0 Å². The van der Waals surface area contributed by atoms with Gasteiger partial charge >= 0.3 is 21.2 Å². The normalized spacial score (nSPS) is 21.6. The summed E-state index contributed by atoms with van der Waals surface area (Å²) >= 11 is 13.1. The molecule has 4 saturated heterocycles. The Kier molecular flexibility index (Phi) is 19.1. The maximum Gasteiger partial charge on any atom is 0.335 e. The first kappa shape index (κ1) is 61.4. The van der Waals surface area contributed by atoms with Gasteiger partial charge in [-0.3, -0.25) is 13.9 Å². The van der Waals surface area contributed by atoms with Crippen molar-refractivity contribution in [1.82, 2.24) is 35.2 Å². The predicted octanol–water partition coefficient (Wildman–Crippen LogP) is 6.21. The Hall–Kier alpha value is -6.74. The van der Waals surface area contributed by atoms with Crippen LogP contribution in [0.3, 0.4) is 0 Å². The van der Waals surface area contributed by atoms with Gasteiger partial charge in [0.15, 0.2) is 23.5 Å². The van der Waals surface area contributed by atoms with Crippen molar-refractivity contribution in [2.24, 2.45) is 5.73 Å². The van der Waals surface area contributed by atoms with Crippen molar-refractivity contribution in [2.45, 2.75) is 61.7 Å². The van der Waals surface area contributed by atoms with E-state index in [4.69, 9.17) is 82.0 Å². The van der Waals surface area contributed by atoms with Crippen LogP contribution < -0.4 is 20.5 Å². The zero-order chi connectivity index (χ0) is 60.2. The maximum absolute atomic E-state index is 12.3. The number of H-pyrrole nitrogens is 2. The van der Waals surface area contributed by atoms with Crippen molar-refractivity contribution < 1.29 is 82.0 Å². The number of aliphatic hydroxyl groups is 2. The molecule has 4 fully saturated rings. The van der Waals surface area contributed by atoms with E-state index >= 15 is 0 Å². The zero-order valence-electron chi connectivity index (χ0n) is 44.8. The number of carboxylic acids is 1. The molecule has 85 heavy (non-hydrogen) atoms. The monoisotopic (exact) mass is 1250 g/mol. The molecular weight excluding hydrogens is 1190 g/mol. The van der Waals surface area contributed by atoms with Gasteiger partial charge in [-0.2, -0.15) is 9.97 Å². The van der Waals surface area contributed by atoms with Crippen LogP contribution in [-0.4, -0.2) is 177 Å². The third-order valence-electron chi connectivity index (χ3n) is 14.1. The molecule has 0 radical (unpaired) electrons. The number of halogens is 2. The van der Waals surface area contributed by atoms with Gasteiger partial charge in [0, 0.05) is 23.2 Å². The highest BCUT2D eigenvalue weighted by Gasteiger charge is 2.50. The molecule has 4 aromatic heterocycles. The van der Waals surface area contributed by atoms with Crippen molar-refractivity contribution >= 4 is 72.6 Å². The number of ether oxygens (including phenoxy) is 6. The van der Waals surface area contributed by atoms with Crippen LogP contribution in [0, 0.1) is 0 Å². The summed E-state index contributed by atoms with van der Waals surface area (Å²) in [6.07, 6.45) is -3.38. The number of benzene rings is 4. The van der Waals surface area contributed by atoms with Gasteiger partial charge in [-0.05, 0) is 78.0 Å². The number of nitrogens with zero attached hydrogens (tertiary/aromatic N) is 4. The van der Waals surface area contributed by atoms with E-state index in [0.29, 0.717) is 68.9 Å². The van der Waals surface area contributed by atoms with Crippen LogP contribution in [0.1, 0.15) is 33.6 Å². The Bertz CT molecular complexity index is 3760. The van der Waals surface area contributed by atoms with E-state index in [1.165, 1.54) is 0 Å². The van der Waals surface area contributed by atoms with Gasteiger partial charge in [-0.15, -0.1) is 0 Å². The second-order valence-corrected chi connectivity index (χ2v) is 24.6. The number of rotatable bonds is 17. The third kappa shape index (κ3) is 15.1. The number of carbonyl (C=O) groups excluding carboxylic acids is 1. The molecule has 29 heteroatoms. The number of aromatic carboxylic acids is 1. The van der Waals surface area contributed by atoms with E-state index in [1.54, 1.807) is 48.5 Å². The SMILES string of the molecule is NCCCP(=O)(O)O.O=C(NCCCP(=O)(O)O)c1ccc(-c2ccc(-c3nc4nc(O[C@@H]5CO[C@H]6[C@@H]5OC[C@H]6O)[nH]c4cc3Cl)cc2)cc1.O=C(O)c1ccc(-c2ccc(-c3nc4nc(O[C@@H]5CO[C@H]6[C@@H]5OC[C@H]6O)[nH]c4cc3Cl)cc2)cc1. The van der Waals surface area contributed by atoms with Crippen molar-refractivity contribution in [3.63, 3.8) is 0 Å². The number of nitrogens with one attached hydrogen (secondary N) is 3. The van der Waals surface area contributed by atoms with Gasteiger partial charge < -0.3 is 84.3 Å². The summed E-state index contributed by atoms with van der Waals surface area (Å²) in [6, 6.07) is 33.1. The first-order valence-corrected chi connectivity index (χ1v) is 31.0. The second-order valence-electron chi connectivity index (χ2n) is 20.2. The Morgan fingerprint density at radius 1 is 0.565 bits per heavy atom. The van der Waals surface area contributed by atoms with Crippen molar-refractivity contribution in [2.75, 3.05) is 51.8 Å². The fourth-order valence-corrected chi connectivity index (χ4v) is 11.5. The van der Waals surface area contributed by atoms with E-state index in [0.717, 1.165) is 33.4 Å². The number of nitrogens with two attached hydrogens (primary N) is 1. The van der Waals surface area contributed by atoms with Crippen LogP contribution in [0.25, 0.3) is 67.1 Å². The number of pyridine rings is 2. The van der Waals surface area contributed by atoms with E-state index in [2.05, 4.69) is 35.2 Å². The molecule has 1 amide bonds. The van der Waals surface area contributed by atoms with Crippen LogP contribution in [0.2, 0.25) is 10.0 Å². The first-order valence-electron chi connectivity index (χ1n) is 26.7. The molecule has 0 unspecified atom stereocenters. The second kappa shape index (κ2) is 26.5. The Morgan fingerprint density at radius 2 is 0.941 bits per heavy atom. The minimum Gasteiger partial charge on any atom is -0.478 e. The molecule has 8 heterocycles. The number of imidazole rings is 2. The van der Waals surface area contributed by atoms with Gasteiger partial charge in [0.25, 0.3) is 17.9 Å². The Labute approximate surface area is 494 Å². The lowest BCUT2D eigenvalue weighted by atomic mass is 10.0. The van der Waals surface area contributed by atoms with Gasteiger partial charge in [0.1, 0.15) is 36.6 Å². The van der Waals surface area contributed by atoms with Crippen molar-refractivity contribution in [3.05, 3.63) is 130 Å². The quantitative estimate of drug-likeness (QED) is 0.0356. The standard InChI is InChI=1S/C28H28ClN4O8P.C25H20ClN3O6.C3H10NO3P/c29-19-12-20-26(33-28(31-20)41-22-14-40-24-21(34)13-39-25(22)24)32-23(19)17-6-2-15(3-7-17)16-4-8-18(9-5-16)27(35)30-10-1-11-42(36,37)38;26-16-9-17-23(29-25(27-17)35-19-11-34-21-18(30)10-33-22(19)21)28-20(16)14-5-1-12(2-6-14)13-3-7-15(8-4-13)24(31)32;4-2-1-3-8(5,6)7/h2-9,12,21-22,24-25,34H,1,10-11,13-14H2,(H,30,35)(H,31,32,33)(H2,36,37,38);1-9,18-19,21-22,30H,10-11H2,(H,31,32)(H,27,28,29);1-4H2,(H2,5,6,7)/t21-,22-,24-,25-;18-,19-,21-,22-;/m11./s1. The summed E-state index contributed by atoms with van der Waals surface area (Å²) in [5, 5.41) is 32.5.